The van der Waals surface area contributed by atoms with Gasteiger partial charge in [0, 0.05) is 63.1 Å². The lowest BCUT2D eigenvalue weighted by atomic mass is 9.82. The molecule has 236 valence electrons. The number of aromatic nitrogens is 4. The fraction of sp³-hybridized carbons (Fsp3) is 0.485. The van der Waals surface area contributed by atoms with Crippen molar-refractivity contribution >= 4 is 24.9 Å². The van der Waals surface area contributed by atoms with Gasteiger partial charge in [-0.25, -0.2) is 13.8 Å². The number of carbonyl (C=O) groups excluding carboxylic acids is 1. The van der Waals surface area contributed by atoms with Gasteiger partial charge in [0.15, 0.2) is 17.4 Å². The molecule has 5 rings (SSSR count). The predicted octanol–water partition coefficient (Wildman–Crippen LogP) is 7.79. The molecule has 1 aliphatic heterocycles. The SMILES string of the molecule is CC(C)n1ccc(-c2cn(COCC[Si](C)(C)C)c3nccc(Oc4c(F)cc(CC(=O)CCC5(C)COC5)cc4F)c23)n1. The van der Waals surface area contributed by atoms with E-state index in [1.54, 1.807) is 12.3 Å². The number of hydrogen-bond acceptors (Lipinski definition) is 6. The van der Waals surface area contributed by atoms with Crippen LogP contribution in [0.2, 0.25) is 25.7 Å². The highest BCUT2D eigenvalue weighted by molar-refractivity contribution is 6.76. The highest BCUT2D eigenvalue weighted by Crippen LogP contribution is 2.39. The van der Waals surface area contributed by atoms with Crippen LogP contribution in [0, 0.1) is 17.0 Å². The molecule has 0 amide bonds. The van der Waals surface area contributed by atoms with E-state index in [2.05, 4.69) is 31.5 Å². The molecule has 3 aromatic heterocycles. The third-order valence-corrected chi connectivity index (χ3v) is 9.64. The normalized spacial score (nSPS) is 14.8. The van der Waals surface area contributed by atoms with Crippen molar-refractivity contribution in [1.29, 1.82) is 0 Å². The first-order valence-corrected chi connectivity index (χ1v) is 18.9. The summed E-state index contributed by atoms with van der Waals surface area (Å²) in [4.78, 5) is 17.1. The smallest absolute Gasteiger partial charge is 0.198 e. The molecule has 8 nitrogen and oxygen atoms in total. The van der Waals surface area contributed by atoms with Crippen LogP contribution in [0.1, 0.15) is 45.2 Å². The van der Waals surface area contributed by atoms with Gasteiger partial charge in [0.05, 0.1) is 24.3 Å². The standard InChI is InChI=1S/C33H42F2N4O4Si/c1-22(2)39-12-9-28(37-39)25-18-38(21-41-13-14-44(4,5)6)32-30(25)29(8-11-36-32)43-31-26(34)16-23(17-27(31)35)15-24(40)7-10-33(3)19-42-20-33/h8-9,11-12,16-18,22H,7,10,13-15,19-21H2,1-6H3. The molecule has 4 heterocycles. The van der Waals surface area contributed by atoms with Crippen LogP contribution in [0.25, 0.3) is 22.3 Å². The molecule has 1 aromatic carbocycles. The van der Waals surface area contributed by atoms with Crippen LogP contribution in [0.4, 0.5) is 8.78 Å². The van der Waals surface area contributed by atoms with Crippen LogP contribution in [0.5, 0.6) is 11.5 Å². The van der Waals surface area contributed by atoms with E-state index in [4.69, 9.17) is 19.3 Å². The van der Waals surface area contributed by atoms with Gasteiger partial charge in [-0.15, -0.1) is 0 Å². The molecule has 1 fully saturated rings. The molecule has 0 radical (unpaired) electrons. The van der Waals surface area contributed by atoms with Gasteiger partial charge in [-0.1, -0.05) is 26.6 Å². The van der Waals surface area contributed by atoms with Gasteiger partial charge >= 0.3 is 0 Å². The van der Waals surface area contributed by atoms with Gasteiger partial charge in [-0.05, 0) is 56.1 Å². The first-order chi connectivity index (χ1) is 20.8. The molecule has 11 heteroatoms. The van der Waals surface area contributed by atoms with E-state index in [0.29, 0.717) is 55.0 Å². The largest absolute Gasteiger partial charge is 0.450 e. The Morgan fingerprint density at radius 2 is 1.89 bits per heavy atom. The molecule has 0 aliphatic carbocycles. The Morgan fingerprint density at radius 1 is 1.16 bits per heavy atom. The minimum absolute atomic E-state index is 0.00453. The van der Waals surface area contributed by atoms with Crippen molar-refractivity contribution in [2.24, 2.45) is 5.41 Å². The zero-order valence-electron chi connectivity index (χ0n) is 26.5. The molecular weight excluding hydrogens is 582 g/mol. The van der Waals surface area contributed by atoms with Crippen LogP contribution < -0.4 is 4.74 Å². The molecule has 4 aromatic rings. The second kappa shape index (κ2) is 12.9. The summed E-state index contributed by atoms with van der Waals surface area (Å²) in [5.74, 6) is -2.12. The van der Waals surface area contributed by atoms with Crippen molar-refractivity contribution < 1.29 is 27.8 Å². The number of carbonyl (C=O) groups is 1. The number of rotatable bonds is 14. The van der Waals surface area contributed by atoms with Crippen LogP contribution in [0.15, 0.2) is 42.9 Å². The van der Waals surface area contributed by atoms with Crippen molar-refractivity contribution in [3.05, 3.63) is 60.1 Å². The zero-order chi connectivity index (χ0) is 31.6. The second-order valence-electron chi connectivity index (χ2n) is 13.7. The summed E-state index contributed by atoms with van der Waals surface area (Å²) in [6, 6.07) is 7.00. The maximum Gasteiger partial charge on any atom is 0.198 e. The fourth-order valence-corrected chi connectivity index (χ4v) is 5.91. The van der Waals surface area contributed by atoms with Crippen molar-refractivity contribution in [2.75, 3.05) is 19.8 Å². The summed E-state index contributed by atoms with van der Waals surface area (Å²) in [5, 5.41) is 5.30. The Morgan fingerprint density at radius 3 is 2.50 bits per heavy atom. The molecule has 0 bridgehead atoms. The predicted molar refractivity (Wildman–Crippen MR) is 169 cm³/mol. The molecule has 0 saturated carbocycles. The van der Waals surface area contributed by atoms with Crippen molar-refractivity contribution in [3.63, 3.8) is 0 Å². The molecule has 44 heavy (non-hydrogen) atoms. The number of benzene rings is 1. The summed E-state index contributed by atoms with van der Waals surface area (Å²) in [5.41, 5.74) is 2.22. The Balaban J connectivity index is 1.42. The Labute approximate surface area is 258 Å². The van der Waals surface area contributed by atoms with E-state index in [-0.39, 0.29) is 41.7 Å². The number of pyridine rings is 1. The maximum atomic E-state index is 15.4. The summed E-state index contributed by atoms with van der Waals surface area (Å²) >= 11 is 0. The van der Waals surface area contributed by atoms with Crippen LogP contribution in [0.3, 0.4) is 0 Å². The van der Waals surface area contributed by atoms with Gasteiger partial charge in [0.25, 0.3) is 0 Å². The molecule has 0 N–H and O–H groups in total. The van der Waals surface area contributed by atoms with Gasteiger partial charge in [0.1, 0.15) is 23.9 Å². The zero-order valence-corrected chi connectivity index (χ0v) is 27.5. The number of ketones is 1. The maximum absolute atomic E-state index is 15.4. The lowest BCUT2D eigenvalue weighted by Gasteiger charge is -2.37. The lowest BCUT2D eigenvalue weighted by molar-refractivity contribution is -0.125. The molecule has 0 atom stereocenters. The number of halogens is 2. The molecule has 0 spiro atoms. The van der Waals surface area contributed by atoms with Crippen molar-refractivity contribution in [2.45, 2.75) is 78.5 Å². The molecule has 1 saturated heterocycles. The van der Waals surface area contributed by atoms with Crippen molar-refractivity contribution in [1.82, 2.24) is 19.3 Å². The van der Waals surface area contributed by atoms with E-state index in [1.165, 1.54) is 12.1 Å². The van der Waals surface area contributed by atoms with E-state index in [1.807, 2.05) is 41.6 Å². The molecule has 1 aliphatic rings. The Hall–Kier alpha value is -3.41. The lowest BCUT2D eigenvalue weighted by Crippen LogP contribution is -2.40. The second-order valence-corrected chi connectivity index (χ2v) is 19.3. The number of nitrogens with zero attached hydrogens (tertiary/aromatic N) is 4. The number of hydrogen-bond donors (Lipinski definition) is 0. The monoisotopic (exact) mass is 624 g/mol. The molecular formula is C33H42F2N4O4Si. The summed E-state index contributed by atoms with van der Waals surface area (Å²) in [7, 11) is -1.27. The van der Waals surface area contributed by atoms with E-state index in [9.17, 15) is 4.79 Å². The highest BCUT2D eigenvalue weighted by atomic mass is 28.3. The third kappa shape index (κ3) is 7.44. The van der Waals surface area contributed by atoms with E-state index >= 15 is 8.78 Å². The highest BCUT2D eigenvalue weighted by Gasteiger charge is 2.33. The van der Waals surface area contributed by atoms with Gasteiger partial charge in [0.2, 0.25) is 0 Å². The summed E-state index contributed by atoms with van der Waals surface area (Å²) in [6.07, 6.45) is 6.31. The number of Topliss-reactive ketones (excluding diaryl/α,β-unsaturated/α-hetero) is 1. The first kappa shape index (κ1) is 32.0. The van der Waals surface area contributed by atoms with Gasteiger partial charge < -0.3 is 18.8 Å². The van der Waals surface area contributed by atoms with Gasteiger partial charge in [-0.3, -0.25) is 9.48 Å². The first-order valence-electron chi connectivity index (χ1n) is 15.2. The van der Waals surface area contributed by atoms with Crippen LogP contribution in [-0.4, -0.2) is 53.0 Å². The minimum Gasteiger partial charge on any atom is -0.450 e. The van der Waals surface area contributed by atoms with Gasteiger partial charge in [-0.2, -0.15) is 5.10 Å². The Bertz CT molecular complexity index is 1620. The average molecular weight is 625 g/mol. The molecule has 0 unspecified atom stereocenters. The third-order valence-electron chi connectivity index (χ3n) is 7.94. The fourth-order valence-electron chi connectivity index (χ4n) is 5.15. The minimum atomic E-state index is -1.27. The van der Waals surface area contributed by atoms with Crippen molar-refractivity contribution in [3.8, 4) is 22.8 Å². The number of fused-ring (bicyclic) bond motifs is 1. The van der Waals surface area contributed by atoms with E-state index < -0.39 is 25.5 Å². The Kier molecular flexibility index (Phi) is 9.38. The quantitative estimate of drug-likeness (QED) is 0.105. The van der Waals surface area contributed by atoms with Crippen LogP contribution in [-0.2, 0) is 27.4 Å². The van der Waals surface area contributed by atoms with E-state index in [0.717, 1.165) is 6.04 Å². The topological polar surface area (TPSA) is 80.4 Å². The van der Waals surface area contributed by atoms with Crippen LogP contribution >= 0.6 is 0 Å². The summed E-state index contributed by atoms with van der Waals surface area (Å²) < 4.78 is 51.7. The number of ether oxygens (including phenoxy) is 3. The average Bonchev–Trinajstić information content (AvgIpc) is 3.56. The summed E-state index contributed by atoms with van der Waals surface area (Å²) in [6.45, 7) is 15.2.